The number of rotatable bonds is 14. The summed E-state index contributed by atoms with van der Waals surface area (Å²) in [6.45, 7) is 2.15. The van der Waals surface area contributed by atoms with Gasteiger partial charge in [-0.3, -0.25) is 4.79 Å². The van der Waals surface area contributed by atoms with Crippen LogP contribution in [-0.2, 0) is 9.63 Å². The number of allylic oxidation sites excluding steroid dienone is 10. The van der Waals surface area contributed by atoms with Crippen LogP contribution >= 0.6 is 0 Å². The van der Waals surface area contributed by atoms with Crippen molar-refractivity contribution in [2.24, 2.45) is 0 Å². The molecule has 134 valence electrons. The summed E-state index contributed by atoms with van der Waals surface area (Å²) in [5.74, 6) is -0.204. The summed E-state index contributed by atoms with van der Waals surface area (Å²) in [6.07, 6.45) is 29.0. The second-order valence-corrected chi connectivity index (χ2v) is 5.28. The molecule has 3 heteroatoms. The number of hydroxylamine groups is 1. The molecular formula is C21H33NO2. The molecule has 0 fully saturated rings. The van der Waals surface area contributed by atoms with E-state index < -0.39 is 0 Å². The van der Waals surface area contributed by atoms with Gasteiger partial charge in [-0.05, 0) is 44.9 Å². The molecule has 1 N–H and O–H groups in total. The smallest absolute Gasteiger partial charge is 0.324 e. The van der Waals surface area contributed by atoms with E-state index in [1.807, 2.05) is 0 Å². The van der Waals surface area contributed by atoms with Crippen molar-refractivity contribution in [1.29, 1.82) is 0 Å². The molecule has 0 aromatic rings. The molecule has 0 bridgehead atoms. The van der Waals surface area contributed by atoms with Crippen LogP contribution in [0.2, 0.25) is 0 Å². The summed E-state index contributed by atoms with van der Waals surface area (Å²) in [5.41, 5.74) is 2.39. The molecule has 0 spiro atoms. The fourth-order valence-corrected chi connectivity index (χ4v) is 1.90. The summed E-state index contributed by atoms with van der Waals surface area (Å²) < 4.78 is 0. The number of carbonyl (C=O) groups excluding carboxylic acids is 1. The second-order valence-electron chi connectivity index (χ2n) is 5.28. The highest BCUT2D eigenvalue weighted by atomic mass is 16.7. The molecular weight excluding hydrogens is 298 g/mol. The van der Waals surface area contributed by atoms with E-state index in [2.05, 4.69) is 78.0 Å². The van der Waals surface area contributed by atoms with Crippen molar-refractivity contribution >= 4 is 5.97 Å². The fraction of sp³-hybridized carbons (Fsp3) is 0.476. The normalized spacial score (nSPS) is 12.6. The number of carbonyl (C=O) groups is 1. The molecule has 0 saturated carbocycles. The summed E-state index contributed by atoms with van der Waals surface area (Å²) in [6, 6.07) is 0. The minimum absolute atomic E-state index is 0.204. The van der Waals surface area contributed by atoms with E-state index in [9.17, 15) is 4.79 Å². The van der Waals surface area contributed by atoms with Crippen molar-refractivity contribution in [3.63, 3.8) is 0 Å². The average Bonchev–Trinajstić information content (AvgIpc) is 2.58. The maximum atomic E-state index is 11.1. The van der Waals surface area contributed by atoms with Crippen LogP contribution in [0.4, 0.5) is 0 Å². The van der Waals surface area contributed by atoms with Crippen LogP contribution in [0.1, 0.15) is 58.3 Å². The minimum atomic E-state index is -0.204. The van der Waals surface area contributed by atoms with Crippen molar-refractivity contribution in [1.82, 2.24) is 5.48 Å². The molecule has 0 aliphatic heterocycles. The Morgan fingerprint density at radius 1 is 0.792 bits per heavy atom. The molecule has 0 radical (unpaired) electrons. The van der Waals surface area contributed by atoms with Crippen LogP contribution in [0, 0.1) is 0 Å². The van der Waals surface area contributed by atoms with Crippen LogP contribution in [0.3, 0.4) is 0 Å². The van der Waals surface area contributed by atoms with E-state index in [4.69, 9.17) is 0 Å². The van der Waals surface area contributed by atoms with Crippen molar-refractivity contribution in [2.45, 2.75) is 58.3 Å². The van der Waals surface area contributed by atoms with E-state index in [-0.39, 0.29) is 5.97 Å². The highest BCUT2D eigenvalue weighted by Crippen LogP contribution is 2.00. The molecule has 0 saturated heterocycles. The topological polar surface area (TPSA) is 38.3 Å². The van der Waals surface area contributed by atoms with Gasteiger partial charge in [0.1, 0.15) is 0 Å². The molecule has 0 aliphatic rings. The largest absolute Gasteiger partial charge is 0.371 e. The van der Waals surface area contributed by atoms with Crippen LogP contribution in [0.15, 0.2) is 60.8 Å². The highest BCUT2D eigenvalue weighted by molar-refractivity contribution is 5.68. The Hall–Kier alpha value is -1.87. The highest BCUT2D eigenvalue weighted by Gasteiger charge is 1.98. The summed E-state index contributed by atoms with van der Waals surface area (Å²) in [5, 5.41) is 0. The number of hydrogen-bond donors (Lipinski definition) is 1. The lowest BCUT2D eigenvalue weighted by molar-refractivity contribution is -0.149. The zero-order chi connectivity index (χ0) is 17.7. The third-order valence-electron chi connectivity index (χ3n) is 3.13. The van der Waals surface area contributed by atoms with Gasteiger partial charge in [0, 0.05) is 13.5 Å². The first-order valence-electron chi connectivity index (χ1n) is 8.92. The molecule has 0 amide bonds. The van der Waals surface area contributed by atoms with E-state index in [1.165, 1.54) is 0 Å². The SMILES string of the molecule is CCC=CCC=CCC=CCC=CCC=CCCCC(=O)ONC. The maximum Gasteiger partial charge on any atom is 0.324 e. The molecule has 0 atom stereocenters. The Bertz CT molecular complexity index is 431. The molecule has 3 nitrogen and oxygen atoms in total. The summed E-state index contributed by atoms with van der Waals surface area (Å²) in [7, 11) is 1.59. The molecule has 24 heavy (non-hydrogen) atoms. The number of nitrogens with one attached hydrogen (secondary N) is 1. The predicted octanol–water partition coefficient (Wildman–Crippen LogP) is 5.59. The van der Waals surface area contributed by atoms with E-state index in [1.54, 1.807) is 7.05 Å². The first-order valence-corrected chi connectivity index (χ1v) is 8.92. The quantitative estimate of drug-likeness (QED) is 0.256. The van der Waals surface area contributed by atoms with Gasteiger partial charge in [0.2, 0.25) is 0 Å². The van der Waals surface area contributed by atoms with Gasteiger partial charge in [0.05, 0.1) is 0 Å². The monoisotopic (exact) mass is 331 g/mol. The average molecular weight is 332 g/mol. The Kier molecular flexibility index (Phi) is 17.7. The predicted molar refractivity (Wildman–Crippen MR) is 103 cm³/mol. The number of unbranched alkanes of at least 4 members (excludes halogenated alkanes) is 1. The van der Waals surface area contributed by atoms with Gasteiger partial charge in [-0.2, -0.15) is 5.48 Å². The van der Waals surface area contributed by atoms with Gasteiger partial charge in [0.25, 0.3) is 0 Å². The van der Waals surface area contributed by atoms with Crippen molar-refractivity contribution in [3.8, 4) is 0 Å². The second kappa shape index (κ2) is 19.2. The van der Waals surface area contributed by atoms with Crippen LogP contribution in [-0.4, -0.2) is 13.0 Å². The third-order valence-corrected chi connectivity index (χ3v) is 3.13. The molecule has 0 unspecified atom stereocenters. The molecule has 0 aromatic carbocycles. The van der Waals surface area contributed by atoms with Gasteiger partial charge < -0.3 is 4.84 Å². The zero-order valence-corrected chi connectivity index (χ0v) is 15.2. The number of hydrogen-bond acceptors (Lipinski definition) is 3. The van der Waals surface area contributed by atoms with Crippen molar-refractivity contribution in [2.75, 3.05) is 7.05 Å². The molecule has 0 aromatic heterocycles. The molecule has 0 rings (SSSR count). The maximum absolute atomic E-state index is 11.1. The Morgan fingerprint density at radius 3 is 1.71 bits per heavy atom. The lowest BCUT2D eigenvalue weighted by Gasteiger charge is -1.98. The van der Waals surface area contributed by atoms with Gasteiger partial charge in [0.15, 0.2) is 0 Å². The van der Waals surface area contributed by atoms with Gasteiger partial charge in [-0.1, -0.05) is 67.7 Å². The Balaban J connectivity index is 3.48. The van der Waals surface area contributed by atoms with Gasteiger partial charge in [-0.25, -0.2) is 0 Å². The standard InChI is InChI=1S/C21H33NO2/c1-3-4-5-6-7-8-9-10-11-12-13-14-15-16-17-18-19-20-21(23)24-22-2/h4-5,7-8,10-11,13-14,16-17,22H,3,6,9,12,15,18-20H2,1-2H3. The van der Waals surface area contributed by atoms with Gasteiger partial charge >= 0.3 is 5.97 Å². The fourth-order valence-electron chi connectivity index (χ4n) is 1.90. The lowest BCUT2D eigenvalue weighted by atomic mass is 10.2. The van der Waals surface area contributed by atoms with Crippen LogP contribution < -0.4 is 5.48 Å². The lowest BCUT2D eigenvalue weighted by Crippen LogP contribution is -2.14. The van der Waals surface area contributed by atoms with Crippen LogP contribution in [0.25, 0.3) is 0 Å². The molecule has 0 aliphatic carbocycles. The third kappa shape index (κ3) is 18.2. The molecule has 0 heterocycles. The first-order chi connectivity index (χ1) is 11.8. The van der Waals surface area contributed by atoms with Gasteiger partial charge in [-0.15, -0.1) is 0 Å². The summed E-state index contributed by atoms with van der Waals surface area (Å²) in [4.78, 5) is 15.7. The Labute approximate surface area is 147 Å². The summed E-state index contributed by atoms with van der Waals surface area (Å²) >= 11 is 0. The van der Waals surface area contributed by atoms with Crippen LogP contribution in [0.5, 0.6) is 0 Å². The van der Waals surface area contributed by atoms with E-state index >= 15 is 0 Å². The zero-order valence-electron chi connectivity index (χ0n) is 15.2. The van der Waals surface area contributed by atoms with Crippen molar-refractivity contribution in [3.05, 3.63) is 60.8 Å². The van der Waals surface area contributed by atoms with E-state index in [0.29, 0.717) is 6.42 Å². The van der Waals surface area contributed by atoms with E-state index in [0.717, 1.165) is 44.9 Å². The first kappa shape index (κ1) is 22.1. The Morgan fingerprint density at radius 2 is 1.25 bits per heavy atom. The minimum Gasteiger partial charge on any atom is -0.371 e. The van der Waals surface area contributed by atoms with Crippen molar-refractivity contribution < 1.29 is 9.63 Å².